The van der Waals surface area contributed by atoms with Crippen molar-refractivity contribution in [2.24, 2.45) is 0 Å². The first-order chi connectivity index (χ1) is 14.9. The maximum absolute atomic E-state index is 12.3. The second-order valence-electron chi connectivity index (χ2n) is 7.59. The molecule has 2 aliphatic rings. The molecule has 1 atom stereocenters. The van der Waals surface area contributed by atoms with Gasteiger partial charge in [-0.25, -0.2) is 4.79 Å². The molecule has 9 nitrogen and oxygen atoms in total. The molecule has 162 valence electrons. The SMILES string of the molecule is COC(=O)c1cc(O[C@H]2CCN(C)C2=O)cc(-c2ccc(C(=O)N3CCC3)nc2)c1O. The number of carbonyl (C=O) groups excluding carboxylic acids is 3. The number of carbonyl (C=O) groups is 3. The number of aromatic nitrogens is 1. The predicted molar refractivity (Wildman–Crippen MR) is 110 cm³/mol. The van der Waals surface area contributed by atoms with Gasteiger partial charge in [0.2, 0.25) is 0 Å². The molecule has 2 amide bonds. The zero-order valence-electron chi connectivity index (χ0n) is 17.3. The Kier molecular flexibility index (Phi) is 5.50. The monoisotopic (exact) mass is 425 g/mol. The largest absolute Gasteiger partial charge is 0.506 e. The fraction of sp³-hybridized carbons (Fsp3) is 0.364. The van der Waals surface area contributed by atoms with Gasteiger partial charge < -0.3 is 24.4 Å². The second-order valence-corrected chi connectivity index (χ2v) is 7.59. The summed E-state index contributed by atoms with van der Waals surface area (Å²) < 4.78 is 10.6. The van der Waals surface area contributed by atoms with Crippen LogP contribution in [0.5, 0.6) is 11.5 Å². The Morgan fingerprint density at radius 3 is 2.52 bits per heavy atom. The number of benzene rings is 1. The van der Waals surface area contributed by atoms with E-state index in [0.29, 0.717) is 24.2 Å². The summed E-state index contributed by atoms with van der Waals surface area (Å²) in [5.74, 6) is -1.07. The number of hydrogen-bond acceptors (Lipinski definition) is 7. The van der Waals surface area contributed by atoms with Gasteiger partial charge in [-0.15, -0.1) is 0 Å². The molecule has 2 aliphatic heterocycles. The first-order valence-electron chi connectivity index (χ1n) is 10.0. The highest BCUT2D eigenvalue weighted by atomic mass is 16.5. The van der Waals surface area contributed by atoms with E-state index < -0.39 is 12.1 Å². The molecule has 0 unspecified atom stereocenters. The summed E-state index contributed by atoms with van der Waals surface area (Å²) >= 11 is 0. The van der Waals surface area contributed by atoms with Crippen LogP contribution < -0.4 is 4.74 Å². The molecule has 0 aliphatic carbocycles. The number of pyridine rings is 1. The van der Waals surface area contributed by atoms with Crippen molar-refractivity contribution in [3.63, 3.8) is 0 Å². The van der Waals surface area contributed by atoms with E-state index in [0.717, 1.165) is 19.5 Å². The van der Waals surface area contributed by atoms with Crippen LogP contribution in [0.1, 0.15) is 33.7 Å². The second kappa shape index (κ2) is 8.25. The van der Waals surface area contributed by atoms with Gasteiger partial charge in [0, 0.05) is 50.4 Å². The lowest BCUT2D eigenvalue weighted by Gasteiger charge is -2.30. The van der Waals surface area contributed by atoms with Gasteiger partial charge in [0.25, 0.3) is 11.8 Å². The van der Waals surface area contributed by atoms with Crippen LogP contribution in [0.2, 0.25) is 0 Å². The fourth-order valence-corrected chi connectivity index (χ4v) is 3.59. The molecule has 2 fully saturated rings. The Hall–Kier alpha value is -3.62. The van der Waals surface area contributed by atoms with Crippen LogP contribution in [0.25, 0.3) is 11.1 Å². The average molecular weight is 425 g/mol. The molecule has 0 radical (unpaired) electrons. The average Bonchev–Trinajstić information content (AvgIpc) is 3.05. The molecule has 31 heavy (non-hydrogen) atoms. The Bertz CT molecular complexity index is 1030. The zero-order valence-corrected chi connectivity index (χ0v) is 17.3. The van der Waals surface area contributed by atoms with Crippen LogP contribution >= 0.6 is 0 Å². The van der Waals surface area contributed by atoms with Gasteiger partial charge in [0.1, 0.15) is 22.8 Å². The van der Waals surface area contributed by atoms with E-state index in [1.54, 1.807) is 35.0 Å². The maximum atomic E-state index is 12.3. The molecule has 0 bridgehead atoms. The van der Waals surface area contributed by atoms with Crippen molar-refractivity contribution in [2.45, 2.75) is 18.9 Å². The molecule has 0 saturated carbocycles. The molecule has 2 saturated heterocycles. The number of ether oxygens (including phenoxy) is 2. The lowest BCUT2D eigenvalue weighted by molar-refractivity contribution is -0.132. The number of aromatic hydroxyl groups is 1. The highest BCUT2D eigenvalue weighted by molar-refractivity contribution is 5.97. The molecule has 0 spiro atoms. The van der Waals surface area contributed by atoms with Crippen molar-refractivity contribution in [3.05, 3.63) is 41.7 Å². The van der Waals surface area contributed by atoms with Gasteiger partial charge in [-0.3, -0.25) is 14.6 Å². The number of likely N-dealkylation sites (N-methyl/N-ethyl adjacent to an activating group) is 1. The number of phenols is 1. The number of methoxy groups -OCH3 is 1. The van der Waals surface area contributed by atoms with E-state index in [1.165, 1.54) is 19.4 Å². The third kappa shape index (κ3) is 3.90. The van der Waals surface area contributed by atoms with Crippen LogP contribution in [0.4, 0.5) is 0 Å². The summed E-state index contributed by atoms with van der Waals surface area (Å²) in [5, 5.41) is 10.7. The van der Waals surface area contributed by atoms with Crippen LogP contribution in [0.15, 0.2) is 30.5 Å². The van der Waals surface area contributed by atoms with Gasteiger partial charge >= 0.3 is 5.97 Å². The third-order valence-electron chi connectivity index (χ3n) is 5.58. The summed E-state index contributed by atoms with van der Waals surface area (Å²) in [6.45, 7) is 2.02. The number of rotatable bonds is 5. The van der Waals surface area contributed by atoms with Crippen LogP contribution in [0, 0.1) is 0 Å². The highest BCUT2D eigenvalue weighted by Gasteiger charge is 2.31. The van der Waals surface area contributed by atoms with Gasteiger partial charge in [0.15, 0.2) is 6.10 Å². The first-order valence-corrected chi connectivity index (χ1v) is 10.0. The van der Waals surface area contributed by atoms with Gasteiger partial charge in [0.05, 0.1) is 7.11 Å². The topological polar surface area (TPSA) is 109 Å². The van der Waals surface area contributed by atoms with E-state index in [-0.39, 0.29) is 34.4 Å². The molecule has 1 aromatic heterocycles. The minimum Gasteiger partial charge on any atom is -0.506 e. The summed E-state index contributed by atoms with van der Waals surface area (Å²) in [6.07, 6.45) is 2.30. The van der Waals surface area contributed by atoms with Crippen LogP contribution in [0.3, 0.4) is 0 Å². The van der Waals surface area contributed by atoms with Crippen molar-refractivity contribution >= 4 is 17.8 Å². The normalized spacial score (nSPS) is 18.0. The van der Waals surface area contributed by atoms with E-state index in [1.807, 2.05) is 0 Å². The van der Waals surface area contributed by atoms with Crippen molar-refractivity contribution < 1.29 is 29.0 Å². The number of nitrogens with zero attached hydrogens (tertiary/aromatic N) is 3. The van der Waals surface area contributed by atoms with Crippen LogP contribution in [-0.2, 0) is 9.53 Å². The number of phenolic OH excluding ortho intramolecular Hbond substituents is 1. The van der Waals surface area contributed by atoms with Gasteiger partial charge in [-0.1, -0.05) is 6.07 Å². The van der Waals surface area contributed by atoms with Gasteiger partial charge in [-0.2, -0.15) is 0 Å². The standard InChI is InChI=1S/C22H23N3O6/c1-24-9-6-18(21(24)28)31-14-10-15(19(26)16(11-14)22(29)30-2)13-4-5-17(23-12-13)20(27)25-7-3-8-25/h4-5,10-12,18,26H,3,6-9H2,1-2H3/t18-/m0/s1. The van der Waals surface area contributed by atoms with E-state index >= 15 is 0 Å². The lowest BCUT2D eigenvalue weighted by Crippen LogP contribution is -2.42. The van der Waals surface area contributed by atoms with Crippen molar-refractivity contribution in [1.29, 1.82) is 0 Å². The smallest absolute Gasteiger partial charge is 0.341 e. The highest BCUT2D eigenvalue weighted by Crippen LogP contribution is 2.37. The lowest BCUT2D eigenvalue weighted by atomic mass is 10.0. The number of amides is 2. The fourth-order valence-electron chi connectivity index (χ4n) is 3.59. The quantitative estimate of drug-likeness (QED) is 0.726. The minimum atomic E-state index is -0.739. The summed E-state index contributed by atoms with van der Waals surface area (Å²) in [4.78, 5) is 44.2. The van der Waals surface area contributed by atoms with E-state index in [4.69, 9.17) is 9.47 Å². The summed E-state index contributed by atoms with van der Waals surface area (Å²) in [5.41, 5.74) is 0.993. The Morgan fingerprint density at radius 1 is 1.19 bits per heavy atom. The zero-order chi connectivity index (χ0) is 22.1. The van der Waals surface area contributed by atoms with Crippen molar-refractivity contribution in [3.8, 4) is 22.6 Å². The predicted octanol–water partition coefficient (Wildman–Crippen LogP) is 1.70. The molecule has 1 N–H and O–H groups in total. The Labute approximate surface area is 179 Å². The van der Waals surface area contributed by atoms with E-state index in [2.05, 4.69) is 4.98 Å². The first kappa shape index (κ1) is 20.6. The van der Waals surface area contributed by atoms with Gasteiger partial charge in [-0.05, 0) is 24.6 Å². The third-order valence-corrected chi connectivity index (χ3v) is 5.58. The maximum Gasteiger partial charge on any atom is 0.341 e. The molecule has 9 heteroatoms. The Morgan fingerprint density at radius 2 is 1.97 bits per heavy atom. The molecule has 2 aromatic rings. The van der Waals surface area contributed by atoms with Crippen molar-refractivity contribution in [2.75, 3.05) is 33.8 Å². The minimum absolute atomic E-state index is 0.0884. The number of esters is 1. The van der Waals surface area contributed by atoms with E-state index in [9.17, 15) is 19.5 Å². The summed E-state index contributed by atoms with van der Waals surface area (Å²) in [6, 6.07) is 6.12. The Balaban J connectivity index is 1.67. The van der Waals surface area contributed by atoms with Crippen LogP contribution in [-0.4, -0.2) is 77.6 Å². The number of hydrogen-bond donors (Lipinski definition) is 1. The molecule has 1 aromatic carbocycles. The summed E-state index contributed by atoms with van der Waals surface area (Å²) in [7, 11) is 2.91. The molecular formula is C22H23N3O6. The molecule has 3 heterocycles. The molecular weight excluding hydrogens is 402 g/mol. The van der Waals surface area contributed by atoms with Crippen molar-refractivity contribution in [1.82, 2.24) is 14.8 Å². The number of likely N-dealkylation sites (tertiary alicyclic amines) is 2. The molecule has 4 rings (SSSR count).